The number of esters is 1. The minimum atomic E-state index is -3.26. The number of carbonyl (C=O) groups excluding carboxylic acids is 3. The summed E-state index contributed by atoms with van der Waals surface area (Å²) in [6.07, 6.45) is -2.40. The lowest BCUT2D eigenvalue weighted by Crippen LogP contribution is -2.74. The molecule has 1 heterocycles. The van der Waals surface area contributed by atoms with Gasteiger partial charge in [0.15, 0.2) is 6.61 Å². The predicted octanol–water partition coefficient (Wildman–Crippen LogP) is 2.95. The van der Waals surface area contributed by atoms with Crippen LogP contribution in [0.15, 0.2) is 134 Å². The highest BCUT2D eigenvalue weighted by atomic mass is 31.2. The molecule has 1 saturated heterocycles. The number of hydrogen-bond donors (Lipinski definition) is 3. The van der Waals surface area contributed by atoms with Gasteiger partial charge in [0.1, 0.15) is 29.9 Å². The van der Waals surface area contributed by atoms with Gasteiger partial charge >= 0.3 is 5.97 Å². The van der Waals surface area contributed by atoms with E-state index in [0.717, 1.165) is 15.9 Å². The Bertz CT molecular complexity index is 1660. The largest absolute Gasteiger partial charge is 0.484 e. The molecule has 0 radical (unpaired) electrons. The zero-order valence-electron chi connectivity index (χ0n) is 26.6. The van der Waals surface area contributed by atoms with Gasteiger partial charge < -0.3 is 25.0 Å². The van der Waals surface area contributed by atoms with Gasteiger partial charge in [0.2, 0.25) is 5.91 Å². The number of nitrogens with one attached hydrogen (secondary N) is 1. The first-order valence-corrected chi connectivity index (χ1v) is 17.5. The highest BCUT2D eigenvalue weighted by Crippen LogP contribution is 2.49. The zero-order chi connectivity index (χ0) is 34.1. The molecule has 5 rings (SSSR count). The highest BCUT2D eigenvalue weighted by Gasteiger charge is 2.57. The summed E-state index contributed by atoms with van der Waals surface area (Å²) in [4.78, 5) is 43.6. The predicted molar refractivity (Wildman–Crippen MR) is 188 cm³/mol. The van der Waals surface area contributed by atoms with E-state index in [9.17, 15) is 24.6 Å². The van der Waals surface area contributed by atoms with Crippen molar-refractivity contribution in [2.45, 2.75) is 31.7 Å². The van der Waals surface area contributed by atoms with Crippen molar-refractivity contribution in [3.05, 3.63) is 134 Å². The molecule has 2 unspecified atom stereocenters. The summed E-state index contributed by atoms with van der Waals surface area (Å²) in [5, 5.41) is 27.0. The van der Waals surface area contributed by atoms with Gasteiger partial charge in [-0.2, -0.15) is 0 Å². The summed E-state index contributed by atoms with van der Waals surface area (Å²) < 4.78 is 11.4. The van der Waals surface area contributed by atoms with Crippen LogP contribution in [0.4, 0.5) is 0 Å². The first kappa shape index (κ1) is 34.4. The molecule has 4 aromatic rings. The van der Waals surface area contributed by atoms with Gasteiger partial charge in [-0.3, -0.25) is 14.5 Å². The fourth-order valence-electron chi connectivity index (χ4n) is 5.95. The normalized spacial score (nSPS) is 17.0. The Morgan fingerprint density at radius 2 is 1.33 bits per heavy atom. The Morgan fingerprint density at radius 3 is 1.79 bits per heavy atom. The van der Waals surface area contributed by atoms with Crippen LogP contribution in [-0.4, -0.2) is 69.9 Å². The Labute approximate surface area is 280 Å². The molecule has 4 aromatic carbocycles. The van der Waals surface area contributed by atoms with Crippen LogP contribution in [0.1, 0.15) is 13.3 Å². The maximum absolute atomic E-state index is 14.5. The molecule has 0 aromatic heterocycles. The number of benzene rings is 4. The fraction of sp³-hybridized carbons (Fsp3) is 0.211. The molecule has 3 N–H and O–H groups in total. The van der Waals surface area contributed by atoms with E-state index in [0.29, 0.717) is 5.75 Å². The van der Waals surface area contributed by atoms with Crippen LogP contribution in [0.25, 0.3) is 0 Å². The molecule has 1 aliphatic heterocycles. The van der Waals surface area contributed by atoms with Crippen LogP contribution in [0.3, 0.4) is 0 Å². The molecular formula is C38H39N2O7P. The summed E-state index contributed by atoms with van der Waals surface area (Å²) in [5.41, 5.74) is 0.0154. The van der Waals surface area contributed by atoms with E-state index >= 15 is 0 Å². The number of para-hydroxylation sites is 1. The number of hydrogen-bond acceptors (Lipinski definition) is 7. The maximum Gasteiger partial charge on any atom is 0.356 e. The van der Waals surface area contributed by atoms with Crippen LogP contribution in [-0.2, 0) is 19.1 Å². The van der Waals surface area contributed by atoms with E-state index < -0.39 is 55.6 Å². The van der Waals surface area contributed by atoms with Crippen molar-refractivity contribution in [2.75, 3.05) is 13.2 Å². The number of aliphatic hydroxyl groups is 2. The molecule has 0 aliphatic carbocycles. The number of β-lactam (4-membered cyclic amide) rings is 1. The first-order valence-electron chi connectivity index (χ1n) is 15.7. The van der Waals surface area contributed by atoms with Crippen molar-refractivity contribution in [2.24, 2.45) is 5.92 Å². The summed E-state index contributed by atoms with van der Waals surface area (Å²) in [7, 11) is 0. The third-order valence-corrected chi connectivity index (χ3v) is 12.5. The first-order chi connectivity index (χ1) is 23.3. The third kappa shape index (κ3) is 6.85. The lowest BCUT2D eigenvalue weighted by molar-refractivity contribution is -0.167. The van der Waals surface area contributed by atoms with E-state index in [1.54, 1.807) is 31.2 Å². The third-order valence-electron chi connectivity index (χ3n) is 8.23. The van der Waals surface area contributed by atoms with Crippen LogP contribution in [0, 0.1) is 5.92 Å². The number of likely N-dealkylation sites (tertiary alicyclic amines) is 1. The Hall–Kier alpha value is -4.95. The number of amides is 2. The number of nitrogens with zero attached hydrogens (tertiary/aromatic N) is 1. The van der Waals surface area contributed by atoms with Crippen molar-refractivity contribution >= 4 is 46.0 Å². The lowest BCUT2D eigenvalue weighted by Gasteiger charge is -2.51. The minimum Gasteiger partial charge on any atom is -0.484 e. The summed E-state index contributed by atoms with van der Waals surface area (Å²) in [6, 6.07) is 37.0. The van der Waals surface area contributed by atoms with Crippen molar-refractivity contribution in [1.82, 2.24) is 10.2 Å². The number of carbonyl (C=O) groups is 3. The maximum atomic E-state index is 14.5. The fourth-order valence-corrected chi connectivity index (χ4v) is 10.3. The van der Waals surface area contributed by atoms with Crippen LogP contribution in [0.5, 0.6) is 5.75 Å². The SMILES string of the molecule is C=CCOC(=O)C(N1C(=O)[C@H](C(O)C(O)CC)[C@@H]1NC(=O)COc1ccccc1)=P(c1ccccc1)(c1ccccc1)c1ccccc1. The molecular weight excluding hydrogens is 627 g/mol. The highest BCUT2D eigenvalue weighted by molar-refractivity contribution is 7.96. The van der Waals surface area contributed by atoms with Gasteiger partial charge in [-0.25, -0.2) is 4.79 Å². The molecule has 48 heavy (non-hydrogen) atoms. The Kier molecular flexibility index (Phi) is 11.3. The topological polar surface area (TPSA) is 125 Å². The van der Waals surface area contributed by atoms with Crippen molar-refractivity contribution in [3.63, 3.8) is 0 Å². The Morgan fingerprint density at radius 1 is 0.854 bits per heavy atom. The summed E-state index contributed by atoms with van der Waals surface area (Å²) in [5.74, 6) is -2.80. The van der Waals surface area contributed by atoms with E-state index in [-0.39, 0.29) is 18.4 Å². The van der Waals surface area contributed by atoms with Gasteiger partial charge in [-0.15, -0.1) is 0 Å². The van der Waals surface area contributed by atoms with E-state index in [4.69, 9.17) is 9.47 Å². The standard InChI is InChI=1S/C38H39N2O7P/c1-3-25-46-38(45)37(48(28-19-11-6-12-20-28,29-21-13-7-14-22-29)30-23-15-8-16-24-30)40-35(33(36(40)44)34(43)31(41)4-2)39-32(42)26-47-27-17-9-5-10-18-27/h3,5-24,31,33-35,41,43H,1,4,25-26H2,2H3,(H,39,42)/t31?,33-,34?,35-/m1/s1. The summed E-state index contributed by atoms with van der Waals surface area (Å²) >= 11 is 0. The van der Waals surface area contributed by atoms with E-state index in [2.05, 4.69) is 11.9 Å². The average Bonchev–Trinajstić information content (AvgIpc) is 3.14. The number of rotatable bonds is 14. The van der Waals surface area contributed by atoms with Gasteiger partial charge in [0.25, 0.3) is 5.91 Å². The smallest absolute Gasteiger partial charge is 0.356 e. The molecule has 2 amide bonds. The molecule has 9 nitrogen and oxygen atoms in total. The number of aliphatic hydroxyl groups excluding tert-OH is 2. The van der Waals surface area contributed by atoms with Gasteiger partial charge in [-0.05, 0) is 34.5 Å². The average molecular weight is 667 g/mol. The zero-order valence-corrected chi connectivity index (χ0v) is 27.5. The Balaban J connectivity index is 1.77. The quantitative estimate of drug-likeness (QED) is 0.0819. The van der Waals surface area contributed by atoms with Gasteiger partial charge in [0.05, 0.1) is 12.2 Å². The molecule has 0 bridgehead atoms. The second-order valence-corrected chi connectivity index (χ2v) is 14.5. The van der Waals surface area contributed by atoms with Gasteiger partial charge in [-0.1, -0.05) is 129 Å². The second-order valence-electron chi connectivity index (χ2n) is 11.2. The van der Waals surface area contributed by atoms with Crippen molar-refractivity contribution in [1.29, 1.82) is 0 Å². The van der Waals surface area contributed by atoms with Crippen LogP contribution >= 0.6 is 6.89 Å². The minimum absolute atomic E-state index is 0.0154. The van der Waals surface area contributed by atoms with Crippen LogP contribution in [0.2, 0.25) is 0 Å². The number of ether oxygens (including phenoxy) is 2. The molecule has 248 valence electrons. The van der Waals surface area contributed by atoms with Crippen molar-refractivity contribution < 1.29 is 34.1 Å². The second kappa shape index (κ2) is 15.8. The summed E-state index contributed by atoms with van der Waals surface area (Å²) in [6.45, 7) is 1.58. The lowest BCUT2D eigenvalue weighted by atomic mass is 9.84. The van der Waals surface area contributed by atoms with E-state index in [1.165, 1.54) is 11.0 Å². The monoisotopic (exact) mass is 666 g/mol. The molecule has 10 heteroatoms. The van der Waals surface area contributed by atoms with Crippen molar-refractivity contribution in [3.8, 4) is 5.75 Å². The van der Waals surface area contributed by atoms with Crippen LogP contribution < -0.4 is 26.0 Å². The molecule has 1 aliphatic rings. The molecule has 1 fully saturated rings. The molecule has 0 saturated carbocycles. The van der Waals surface area contributed by atoms with Gasteiger partial charge in [0, 0.05) is 6.89 Å². The van der Waals surface area contributed by atoms with E-state index in [1.807, 2.05) is 97.1 Å². The molecule has 4 atom stereocenters. The molecule has 0 spiro atoms.